The smallest absolute Gasteiger partial charge is 0.149 e. The second kappa shape index (κ2) is 5.05. The largest absolute Gasteiger partial charge is 0.366 e. The van der Waals surface area contributed by atoms with Gasteiger partial charge in [0, 0.05) is 25.7 Å². The minimum absolute atomic E-state index is 0.0723. The zero-order valence-electron chi connectivity index (χ0n) is 10.8. The third-order valence-electron chi connectivity index (χ3n) is 3.52. The van der Waals surface area contributed by atoms with E-state index in [-0.39, 0.29) is 5.82 Å². The van der Waals surface area contributed by atoms with Crippen molar-refractivity contribution < 1.29 is 4.39 Å². The molecular weight excluding hydrogens is 215 g/mol. The fourth-order valence-electron chi connectivity index (χ4n) is 2.32. The van der Waals surface area contributed by atoms with Gasteiger partial charge < -0.3 is 10.2 Å². The molecule has 1 saturated heterocycles. The fourth-order valence-corrected chi connectivity index (χ4v) is 2.32. The van der Waals surface area contributed by atoms with E-state index in [2.05, 4.69) is 24.1 Å². The summed E-state index contributed by atoms with van der Waals surface area (Å²) >= 11 is 0. The molecule has 1 atom stereocenters. The van der Waals surface area contributed by atoms with E-state index >= 15 is 0 Å². The molecule has 0 spiro atoms. The Bertz CT molecular complexity index is 390. The third kappa shape index (κ3) is 2.60. The van der Waals surface area contributed by atoms with Crippen LogP contribution in [0.25, 0.3) is 0 Å². The van der Waals surface area contributed by atoms with Gasteiger partial charge in [-0.1, -0.05) is 26.0 Å². The van der Waals surface area contributed by atoms with Crippen molar-refractivity contribution in [1.29, 1.82) is 0 Å². The predicted octanol–water partition coefficient (Wildman–Crippen LogP) is 2.57. The molecule has 2 nitrogen and oxygen atoms in total. The van der Waals surface area contributed by atoms with Crippen molar-refractivity contribution in [3.8, 4) is 0 Å². The molecule has 0 saturated carbocycles. The van der Waals surface area contributed by atoms with Crippen molar-refractivity contribution in [3.63, 3.8) is 0 Å². The summed E-state index contributed by atoms with van der Waals surface area (Å²) in [7, 11) is 0. The van der Waals surface area contributed by atoms with Gasteiger partial charge in [-0.3, -0.25) is 0 Å². The van der Waals surface area contributed by atoms with E-state index in [1.165, 1.54) is 0 Å². The van der Waals surface area contributed by atoms with Gasteiger partial charge in [-0.05, 0) is 24.5 Å². The number of piperazine rings is 1. The molecule has 3 heteroatoms. The molecule has 0 aromatic heterocycles. The second-order valence-electron chi connectivity index (χ2n) is 5.16. The van der Waals surface area contributed by atoms with Gasteiger partial charge in [0.2, 0.25) is 0 Å². The molecular formula is C14H21FN2. The quantitative estimate of drug-likeness (QED) is 0.849. The zero-order valence-corrected chi connectivity index (χ0v) is 10.8. The lowest BCUT2D eigenvalue weighted by Crippen LogP contribution is -2.53. The number of nitrogens with one attached hydrogen (secondary N) is 1. The maximum atomic E-state index is 14.1. The van der Waals surface area contributed by atoms with Crippen molar-refractivity contribution >= 4 is 5.69 Å². The second-order valence-corrected chi connectivity index (χ2v) is 5.16. The van der Waals surface area contributed by atoms with Crippen LogP contribution in [0.1, 0.15) is 19.4 Å². The van der Waals surface area contributed by atoms with Crippen LogP contribution in [0.5, 0.6) is 0 Å². The molecule has 1 aromatic carbocycles. The molecule has 1 aromatic rings. The van der Waals surface area contributed by atoms with Crippen LogP contribution in [0.3, 0.4) is 0 Å². The molecule has 0 radical (unpaired) electrons. The highest BCUT2D eigenvalue weighted by atomic mass is 19.1. The minimum Gasteiger partial charge on any atom is -0.366 e. The van der Waals surface area contributed by atoms with Crippen LogP contribution in [0.2, 0.25) is 0 Å². The summed E-state index contributed by atoms with van der Waals surface area (Å²) < 4.78 is 14.1. The monoisotopic (exact) mass is 236 g/mol. The normalized spacial score (nSPS) is 21.0. The summed E-state index contributed by atoms with van der Waals surface area (Å²) in [5, 5.41) is 3.49. The van der Waals surface area contributed by atoms with E-state index in [0.717, 1.165) is 30.9 Å². The summed E-state index contributed by atoms with van der Waals surface area (Å²) in [6.45, 7) is 8.92. The van der Waals surface area contributed by atoms with Gasteiger partial charge in [-0.2, -0.15) is 0 Å². The lowest BCUT2D eigenvalue weighted by atomic mass is 10.0. The molecule has 0 bridgehead atoms. The SMILES string of the molecule is Cc1cccc(N2CCNC(C(C)C)C2)c1F. The molecule has 0 aliphatic carbocycles. The standard InChI is InChI=1S/C14H21FN2/c1-10(2)12-9-17(8-7-16-12)13-6-4-5-11(3)14(13)15/h4-6,10,12,16H,7-9H2,1-3H3. The van der Waals surface area contributed by atoms with E-state index in [9.17, 15) is 4.39 Å². The number of hydrogen-bond acceptors (Lipinski definition) is 2. The molecule has 0 amide bonds. The predicted molar refractivity (Wildman–Crippen MR) is 70.0 cm³/mol. The Balaban J connectivity index is 2.19. The van der Waals surface area contributed by atoms with Crippen molar-refractivity contribution in [2.24, 2.45) is 5.92 Å². The Labute approximate surface area is 103 Å². The Morgan fingerprint density at radius 3 is 2.88 bits per heavy atom. The Morgan fingerprint density at radius 2 is 2.18 bits per heavy atom. The first-order valence-electron chi connectivity index (χ1n) is 6.33. The Hall–Kier alpha value is -1.09. The van der Waals surface area contributed by atoms with Crippen molar-refractivity contribution in [3.05, 3.63) is 29.6 Å². The summed E-state index contributed by atoms with van der Waals surface area (Å²) in [5.41, 5.74) is 1.47. The summed E-state index contributed by atoms with van der Waals surface area (Å²) in [5.74, 6) is 0.502. The van der Waals surface area contributed by atoms with Gasteiger partial charge in [0.25, 0.3) is 0 Å². The van der Waals surface area contributed by atoms with E-state index in [0.29, 0.717) is 12.0 Å². The van der Waals surface area contributed by atoms with Crippen LogP contribution in [0.15, 0.2) is 18.2 Å². The molecule has 1 aliphatic rings. The first-order chi connectivity index (χ1) is 8.09. The number of benzene rings is 1. The maximum Gasteiger partial charge on any atom is 0.149 e. The zero-order chi connectivity index (χ0) is 12.4. The van der Waals surface area contributed by atoms with E-state index in [4.69, 9.17) is 0 Å². The van der Waals surface area contributed by atoms with Gasteiger partial charge in [0.1, 0.15) is 5.82 Å². The van der Waals surface area contributed by atoms with E-state index in [1.54, 1.807) is 0 Å². The van der Waals surface area contributed by atoms with Crippen LogP contribution >= 0.6 is 0 Å². The summed E-state index contributed by atoms with van der Waals surface area (Å²) in [6.07, 6.45) is 0. The number of anilines is 1. The molecule has 1 unspecified atom stereocenters. The van der Waals surface area contributed by atoms with Crippen LogP contribution in [-0.4, -0.2) is 25.7 Å². The average molecular weight is 236 g/mol. The van der Waals surface area contributed by atoms with Gasteiger partial charge >= 0.3 is 0 Å². The molecule has 2 rings (SSSR count). The summed E-state index contributed by atoms with van der Waals surface area (Å²) in [6, 6.07) is 6.08. The third-order valence-corrected chi connectivity index (χ3v) is 3.52. The van der Waals surface area contributed by atoms with Crippen LogP contribution in [-0.2, 0) is 0 Å². The Kier molecular flexibility index (Phi) is 3.67. The average Bonchev–Trinajstić information content (AvgIpc) is 2.33. The number of nitrogens with zero attached hydrogens (tertiary/aromatic N) is 1. The summed E-state index contributed by atoms with van der Waals surface area (Å²) in [4.78, 5) is 2.16. The molecule has 1 fully saturated rings. The van der Waals surface area contributed by atoms with Crippen LogP contribution in [0, 0.1) is 18.7 Å². The lowest BCUT2D eigenvalue weighted by Gasteiger charge is -2.37. The lowest BCUT2D eigenvalue weighted by molar-refractivity contribution is 0.366. The molecule has 17 heavy (non-hydrogen) atoms. The highest BCUT2D eigenvalue weighted by Crippen LogP contribution is 2.23. The first-order valence-corrected chi connectivity index (χ1v) is 6.33. The number of hydrogen-bond donors (Lipinski definition) is 1. The fraction of sp³-hybridized carbons (Fsp3) is 0.571. The van der Waals surface area contributed by atoms with Gasteiger partial charge in [-0.15, -0.1) is 0 Å². The first kappa shape index (κ1) is 12.4. The van der Waals surface area contributed by atoms with Crippen LogP contribution in [0.4, 0.5) is 10.1 Å². The molecule has 1 N–H and O–H groups in total. The minimum atomic E-state index is -0.0723. The Morgan fingerprint density at radius 1 is 1.41 bits per heavy atom. The number of rotatable bonds is 2. The number of aryl methyl sites for hydroxylation is 1. The van der Waals surface area contributed by atoms with Crippen molar-refractivity contribution in [2.45, 2.75) is 26.8 Å². The molecule has 94 valence electrons. The van der Waals surface area contributed by atoms with Gasteiger partial charge in [0.05, 0.1) is 5.69 Å². The maximum absolute atomic E-state index is 14.1. The van der Waals surface area contributed by atoms with Crippen molar-refractivity contribution in [2.75, 3.05) is 24.5 Å². The van der Waals surface area contributed by atoms with Crippen LogP contribution < -0.4 is 10.2 Å². The van der Waals surface area contributed by atoms with E-state index in [1.807, 2.05) is 25.1 Å². The highest BCUT2D eigenvalue weighted by molar-refractivity contribution is 5.50. The topological polar surface area (TPSA) is 15.3 Å². The number of halogens is 1. The van der Waals surface area contributed by atoms with Gasteiger partial charge in [-0.25, -0.2) is 4.39 Å². The van der Waals surface area contributed by atoms with Gasteiger partial charge in [0.15, 0.2) is 0 Å². The van der Waals surface area contributed by atoms with E-state index < -0.39 is 0 Å². The van der Waals surface area contributed by atoms with Crippen molar-refractivity contribution in [1.82, 2.24) is 5.32 Å². The molecule has 1 aliphatic heterocycles. The molecule has 1 heterocycles. The highest BCUT2D eigenvalue weighted by Gasteiger charge is 2.23.